The number of phenolic OH excluding ortho intramolecular Hbond substituents is 1. The number of aromatic hydroxyl groups is 1. The number of furan rings is 1. The predicted molar refractivity (Wildman–Crippen MR) is 64.0 cm³/mol. The maximum atomic E-state index is 12.5. The van der Waals surface area contributed by atoms with Crippen molar-refractivity contribution in [3.05, 3.63) is 35.3 Å². The minimum atomic E-state index is -4.46. The molecule has 0 saturated carbocycles. The van der Waals surface area contributed by atoms with Gasteiger partial charge in [0.15, 0.2) is 16.5 Å². The number of hydrogen-bond acceptors (Lipinski definition) is 4. The van der Waals surface area contributed by atoms with Crippen LogP contribution >= 0.6 is 11.3 Å². The number of fused-ring (bicyclic) bond motifs is 1. The van der Waals surface area contributed by atoms with Crippen molar-refractivity contribution >= 4 is 22.3 Å². The topological polar surface area (TPSA) is 46.3 Å². The second-order valence-electron chi connectivity index (χ2n) is 3.87. The number of halogens is 3. The molecule has 19 heavy (non-hydrogen) atoms. The molecule has 0 atom stereocenters. The number of phenols is 1. The molecule has 0 bridgehead atoms. The maximum absolute atomic E-state index is 12.5. The third-order valence-electron chi connectivity index (χ3n) is 2.51. The lowest BCUT2D eigenvalue weighted by Crippen LogP contribution is -2.04. The Morgan fingerprint density at radius 2 is 2.00 bits per heavy atom. The third kappa shape index (κ3) is 2.17. The fraction of sp³-hybridized carbons (Fsp3) is 0.0833. The summed E-state index contributed by atoms with van der Waals surface area (Å²) in [6.45, 7) is 0. The van der Waals surface area contributed by atoms with Crippen LogP contribution < -0.4 is 0 Å². The standard InChI is InChI=1S/C12H6F3NO2S/c13-12(14,15)10-5-19-11(16-10)9-4-6-3-7(17)1-2-8(6)18-9/h1-5,17H. The van der Waals surface area contributed by atoms with Gasteiger partial charge in [-0.25, -0.2) is 4.98 Å². The van der Waals surface area contributed by atoms with E-state index in [1.165, 1.54) is 12.1 Å². The summed E-state index contributed by atoms with van der Waals surface area (Å²) in [6.07, 6.45) is -4.46. The molecule has 3 aromatic rings. The van der Waals surface area contributed by atoms with Gasteiger partial charge in [0.1, 0.15) is 11.3 Å². The summed E-state index contributed by atoms with van der Waals surface area (Å²) >= 11 is 0.862. The van der Waals surface area contributed by atoms with E-state index in [1.807, 2.05) is 0 Å². The maximum Gasteiger partial charge on any atom is 0.434 e. The van der Waals surface area contributed by atoms with E-state index in [1.54, 1.807) is 12.1 Å². The molecule has 0 amide bonds. The lowest BCUT2D eigenvalue weighted by Gasteiger charge is -1.99. The molecule has 1 aromatic carbocycles. The Morgan fingerprint density at radius 1 is 1.21 bits per heavy atom. The van der Waals surface area contributed by atoms with E-state index in [2.05, 4.69) is 4.98 Å². The van der Waals surface area contributed by atoms with E-state index in [0.29, 0.717) is 11.0 Å². The Kier molecular flexibility index (Phi) is 2.53. The Hall–Kier alpha value is -2.02. The molecule has 2 heterocycles. The van der Waals surface area contributed by atoms with Gasteiger partial charge in [-0.2, -0.15) is 13.2 Å². The van der Waals surface area contributed by atoms with Gasteiger partial charge in [-0.15, -0.1) is 11.3 Å². The third-order valence-corrected chi connectivity index (χ3v) is 3.36. The highest BCUT2D eigenvalue weighted by Crippen LogP contribution is 2.35. The molecule has 0 aliphatic rings. The van der Waals surface area contributed by atoms with Crippen molar-refractivity contribution in [3.63, 3.8) is 0 Å². The zero-order valence-electron chi connectivity index (χ0n) is 9.23. The molecule has 0 fully saturated rings. The van der Waals surface area contributed by atoms with Crippen LogP contribution in [0.3, 0.4) is 0 Å². The summed E-state index contributed by atoms with van der Waals surface area (Å²) in [6, 6.07) is 6.01. The van der Waals surface area contributed by atoms with Crippen LogP contribution in [0.5, 0.6) is 5.75 Å². The Labute approximate surface area is 108 Å². The highest BCUT2D eigenvalue weighted by molar-refractivity contribution is 7.13. The van der Waals surface area contributed by atoms with Crippen molar-refractivity contribution in [3.8, 4) is 16.5 Å². The first-order valence-corrected chi connectivity index (χ1v) is 6.07. The predicted octanol–water partition coefficient (Wildman–Crippen LogP) is 4.28. The van der Waals surface area contributed by atoms with Crippen LogP contribution in [0.2, 0.25) is 0 Å². The summed E-state index contributed by atoms with van der Waals surface area (Å²) in [5.41, 5.74) is -0.452. The largest absolute Gasteiger partial charge is 0.508 e. The number of thiazole rings is 1. The first-order valence-electron chi connectivity index (χ1n) is 5.19. The van der Waals surface area contributed by atoms with E-state index >= 15 is 0 Å². The van der Waals surface area contributed by atoms with Crippen LogP contribution in [0.1, 0.15) is 5.69 Å². The Morgan fingerprint density at radius 3 is 2.68 bits per heavy atom. The van der Waals surface area contributed by atoms with E-state index in [9.17, 15) is 18.3 Å². The average molecular weight is 285 g/mol. The molecule has 0 aliphatic heterocycles. The zero-order valence-corrected chi connectivity index (χ0v) is 10.0. The SMILES string of the molecule is Oc1ccc2oc(-c3nc(C(F)(F)F)cs3)cc2c1. The van der Waals surface area contributed by atoms with Gasteiger partial charge in [-0.1, -0.05) is 0 Å². The van der Waals surface area contributed by atoms with Gasteiger partial charge < -0.3 is 9.52 Å². The number of rotatable bonds is 1. The minimum absolute atomic E-state index is 0.0648. The van der Waals surface area contributed by atoms with Gasteiger partial charge >= 0.3 is 6.18 Å². The summed E-state index contributed by atoms with van der Waals surface area (Å²) in [7, 11) is 0. The van der Waals surface area contributed by atoms with E-state index in [0.717, 1.165) is 16.7 Å². The second kappa shape index (κ2) is 3.99. The van der Waals surface area contributed by atoms with Crippen molar-refractivity contribution in [2.75, 3.05) is 0 Å². The molecule has 0 spiro atoms. The van der Waals surface area contributed by atoms with Gasteiger partial charge in [0.25, 0.3) is 0 Å². The molecule has 0 radical (unpaired) electrons. The van der Waals surface area contributed by atoms with Gasteiger partial charge in [0.2, 0.25) is 0 Å². The number of nitrogens with zero attached hydrogens (tertiary/aromatic N) is 1. The summed E-state index contributed by atoms with van der Waals surface area (Å²) in [5, 5.41) is 11.0. The quantitative estimate of drug-likeness (QED) is 0.725. The molecule has 0 saturated heterocycles. The molecule has 98 valence electrons. The van der Waals surface area contributed by atoms with Crippen LogP contribution in [-0.4, -0.2) is 10.1 Å². The van der Waals surface area contributed by atoms with Gasteiger partial charge in [0.05, 0.1) is 0 Å². The molecule has 0 unspecified atom stereocenters. The van der Waals surface area contributed by atoms with Crippen molar-refractivity contribution in [1.82, 2.24) is 4.98 Å². The molecule has 3 rings (SSSR count). The molecule has 0 aliphatic carbocycles. The number of aromatic nitrogens is 1. The van der Waals surface area contributed by atoms with Crippen LogP contribution in [0, 0.1) is 0 Å². The number of hydrogen-bond donors (Lipinski definition) is 1. The summed E-state index contributed by atoms with van der Waals surface area (Å²) < 4.78 is 42.8. The molecule has 3 nitrogen and oxygen atoms in total. The van der Waals surface area contributed by atoms with Gasteiger partial charge in [0, 0.05) is 10.8 Å². The number of benzene rings is 1. The summed E-state index contributed by atoms with van der Waals surface area (Å²) in [5.74, 6) is 0.316. The first kappa shape index (κ1) is 12.0. The monoisotopic (exact) mass is 285 g/mol. The van der Waals surface area contributed by atoms with Crippen molar-refractivity contribution < 1.29 is 22.7 Å². The highest BCUT2D eigenvalue weighted by Gasteiger charge is 2.34. The van der Waals surface area contributed by atoms with Crippen molar-refractivity contribution in [1.29, 1.82) is 0 Å². The van der Waals surface area contributed by atoms with Crippen LogP contribution in [0.4, 0.5) is 13.2 Å². The van der Waals surface area contributed by atoms with E-state index in [4.69, 9.17) is 4.42 Å². The fourth-order valence-corrected chi connectivity index (χ4v) is 2.43. The van der Waals surface area contributed by atoms with E-state index < -0.39 is 11.9 Å². The minimum Gasteiger partial charge on any atom is -0.508 e. The Balaban J connectivity index is 2.07. The van der Waals surface area contributed by atoms with Crippen molar-refractivity contribution in [2.24, 2.45) is 0 Å². The molecular weight excluding hydrogens is 279 g/mol. The van der Waals surface area contributed by atoms with E-state index in [-0.39, 0.29) is 16.5 Å². The second-order valence-corrected chi connectivity index (χ2v) is 4.73. The van der Waals surface area contributed by atoms with Crippen LogP contribution in [0.25, 0.3) is 21.7 Å². The van der Waals surface area contributed by atoms with Crippen LogP contribution in [-0.2, 0) is 6.18 Å². The van der Waals surface area contributed by atoms with Crippen LogP contribution in [0.15, 0.2) is 34.1 Å². The average Bonchev–Trinajstić information content (AvgIpc) is 2.92. The molecule has 2 aromatic heterocycles. The fourth-order valence-electron chi connectivity index (χ4n) is 1.65. The lowest BCUT2D eigenvalue weighted by molar-refractivity contribution is -0.140. The summed E-state index contributed by atoms with van der Waals surface area (Å²) in [4.78, 5) is 3.51. The molecular formula is C12H6F3NO2S. The highest BCUT2D eigenvalue weighted by atomic mass is 32.1. The first-order chi connectivity index (χ1) is 8.93. The van der Waals surface area contributed by atoms with Gasteiger partial charge in [-0.05, 0) is 24.3 Å². The van der Waals surface area contributed by atoms with Gasteiger partial charge in [-0.3, -0.25) is 0 Å². The zero-order chi connectivity index (χ0) is 13.6. The Bertz CT molecular complexity index is 745. The smallest absolute Gasteiger partial charge is 0.434 e. The molecule has 7 heteroatoms. The normalized spacial score (nSPS) is 12.2. The lowest BCUT2D eigenvalue weighted by atomic mass is 10.2. The van der Waals surface area contributed by atoms with Crippen molar-refractivity contribution in [2.45, 2.75) is 6.18 Å². The number of alkyl halides is 3. The molecule has 1 N–H and O–H groups in total.